The van der Waals surface area contributed by atoms with Crippen LogP contribution in [-0.2, 0) is 16.2 Å². The van der Waals surface area contributed by atoms with E-state index in [9.17, 15) is 21.6 Å². The SMILES string of the molecule is Cc1sc(-c2cc(C(F)(F)F)[nH]n2)cc1S(=O)(=O)Nc1ccccc1. The molecule has 0 aliphatic carbocycles. The number of anilines is 1. The Labute approximate surface area is 145 Å². The Morgan fingerprint density at radius 3 is 2.44 bits per heavy atom. The van der Waals surface area contributed by atoms with Crippen LogP contribution in [-0.4, -0.2) is 18.6 Å². The highest BCUT2D eigenvalue weighted by Crippen LogP contribution is 2.36. The minimum Gasteiger partial charge on any atom is -0.280 e. The van der Waals surface area contributed by atoms with Crippen molar-refractivity contribution in [1.82, 2.24) is 10.2 Å². The van der Waals surface area contributed by atoms with Crippen molar-refractivity contribution >= 4 is 27.0 Å². The van der Waals surface area contributed by atoms with Crippen molar-refractivity contribution in [1.29, 1.82) is 0 Å². The number of nitrogens with zero attached hydrogens (tertiary/aromatic N) is 1. The molecule has 0 aliphatic rings. The van der Waals surface area contributed by atoms with Gasteiger partial charge in [-0.1, -0.05) is 18.2 Å². The van der Waals surface area contributed by atoms with E-state index >= 15 is 0 Å². The molecule has 0 spiro atoms. The Balaban J connectivity index is 1.93. The van der Waals surface area contributed by atoms with Gasteiger partial charge < -0.3 is 0 Å². The second-order valence-corrected chi connectivity index (χ2v) is 8.07. The Morgan fingerprint density at radius 2 is 1.84 bits per heavy atom. The van der Waals surface area contributed by atoms with E-state index in [1.54, 1.807) is 37.3 Å². The first-order valence-electron chi connectivity index (χ1n) is 6.98. The predicted octanol–water partition coefficient (Wildman–Crippen LogP) is 4.27. The molecule has 3 rings (SSSR count). The first-order chi connectivity index (χ1) is 11.7. The van der Waals surface area contributed by atoms with Crippen molar-refractivity contribution in [2.75, 3.05) is 4.72 Å². The summed E-state index contributed by atoms with van der Waals surface area (Å²) < 4.78 is 65.5. The van der Waals surface area contributed by atoms with Gasteiger partial charge in [-0.25, -0.2) is 8.42 Å². The van der Waals surface area contributed by atoms with Gasteiger partial charge in [0.1, 0.15) is 16.3 Å². The molecule has 0 atom stereocenters. The Morgan fingerprint density at radius 1 is 1.16 bits per heavy atom. The predicted molar refractivity (Wildman–Crippen MR) is 88.9 cm³/mol. The molecule has 2 N–H and O–H groups in total. The van der Waals surface area contributed by atoms with E-state index in [1.807, 2.05) is 5.10 Å². The third-order valence-corrected chi connectivity index (χ3v) is 6.03. The van der Waals surface area contributed by atoms with Gasteiger partial charge in [0.05, 0.1) is 4.88 Å². The van der Waals surface area contributed by atoms with Crippen LogP contribution in [0.2, 0.25) is 0 Å². The van der Waals surface area contributed by atoms with Crippen molar-refractivity contribution in [3.63, 3.8) is 0 Å². The lowest BCUT2D eigenvalue weighted by Gasteiger charge is -2.06. The number of aromatic amines is 1. The number of rotatable bonds is 4. The molecule has 5 nitrogen and oxygen atoms in total. The Bertz CT molecular complexity index is 993. The molecular weight excluding hydrogens is 375 g/mol. The monoisotopic (exact) mass is 387 g/mol. The third kappa shape index (κ3) is 3.69. The summed E-state index contributed by atoms with van der Waals surface area (Å²) in [5.41, 5.74) is -0.546. The second kappa shape index (κ2) is 6.19. The topological polar surface area (TPSA) is 74.8 Å². The maximum atomic E-state index is 12.7. The van der Waals surface area contributed by atoms with Gasteiger partial charge in [-0.15, -0.1) is 11.3 Å². The zero-order valence-electron chi connectivity index (χ0n) is 12.8. The van der Waals surface area contributed by atoms with Crippen LogP contribution in [0.4, 0.5) is 18.9 Å². The summed E-state index contributed by atoms with van der Waals surface area (Å²) in [6, 6.07) is 10.5. The van der Waals surface area contributed by atoms with E-state index in [1.165, 1.54) is 6.07 Å². The zero-order chi connectivity index (χ0) is 18.2. The van der Waals surface area contributed by atoms with Crippen LogP contribution in [0.1, 0.15) is 10.6 Å². The first kappa shape index (κ1) is 17.5. The van der Waals surface area contributed by atoms with E-state index in [-0.39, 0.29) is 10.6 Å². The fourth-order valence-electron chi connectivity index (χ4n) is 2.17. The summed E-state index contributed by atoms with van der Waals surface area (Å²) in [7, 11) is -3.85. The number of H-pyrrole nitrogens is 1. The van der Waals surface area contributed by atoms with Gasteiger partial charge in [-0.05, 0) is 31.2 Å². The molecule has 2 aromatic heterocycles. The van der Waals surface area contributed by atoms with Gasteiger partial charge in [0, 0.05) is 10.6 Å². The fraction of sp³-hybridized carbons (Fsp3) is 0.133. The summed E-state index contributed by atoms with van der Waals surface area (Å²) in [5, 5.41) is 5.54. The zero-order valence-corrected chi connectivity index (χ0v) is 14.4. The average molecular weight is 387 g/mol. The van der Waals surface area contributed by atoms with Gasteiger partial charge in [0.15, 0.2) is 0 Å². The number of hydrogen-bond donors (Lipinski definition) is 2. The number of para-hydroxylation sites is 1. The lowest BCUT2D eigenvalue weighted by molar-refractivity contribution is -0.141. The van der Waals surface area contributed by atoms with Crippen molar-refractivity contribution < 1.29 is 21.6 Å². The molecule has 0 saturated heterocycles. The molecule has 0 bridgehead atoms. The second-order valence-electron chi connectivity index (χ2n) is 5.17. The van der Waals surface area contributed by atoms with Crippen molar-refractivity contribution in [2.45, 2.75) is 18.0 Å². The number of alkyl halides is 3. The highest BCUT2D eigenvalue weighted by atomic mass is 32.2. The van der Waals surface area contributed by atoms with Gasteiger partial charge in [-0.3, -0.25) is 9.82 Å². The standard InChI is InChI=1S/C15H12F3N3O2S2/c1-9-13(25(22,23)21-10-5-3-2-4-6-10)8-12(24-9)11-7-14(20-19-11)15(16,17)18/h2-8,21H,1H3,(H,19,20). The summed E-state index contributed by atoms with van der Waals surface area (Å²) in [6.07, 6.45) is -4.54. The van der Waals surface area contributed by atoms with E-state index in [0.717, 1.165) is 17.4 Å². The van der Waals surface area contributed by atoms with Crippen LogP contribution >= 0.6 is 11.3 Å². The van der Waals surface area contributed by atoms with Crippen LogP contribution in [0.3, 0.4) is 0 Å². The quantitative estimate of drug-likeness (QED) is 0.702. The molecule has 1 aromatic carbocycles. The lowest BCUT2D eigenvalue weighted by Crippen LogP contribution is -2.12. The summed E-state index contributed by atoms with van der Waals surface area (Å²) in [4.78, 5) is 0.792. The lowest BCUT2D eigenvalue weighted by atomic mass is 10.3. The number of aryl methyl sites for hydroxylation is 1. The van der Waals surface area contributed by atoms with E-state index in [2.05, 4.69) is 9.82 Å². The number of aromatic nitrogens is 2. The normalized spacial score (nSPS) is 12.3. The van der Waals surface area contributed by atoms with Crippen LogP contribution in [0.15, 0.2) is 47.4 Å². The van der Waals surface area contributed by atoms with E-state index in [0.29, 0.717) is 15.4 Å². The van der Waals surface area contributed by atoms with Crippen LogP contribution < -0.4 is 4.72 Å². The van der Waals surface area contributed by atoms with Crippen LogP contribution in [0, 0.1) is 6.92 Å². The van der Waals surface area contributed by atoms with Gasteiger partial charge in [0.2, 0.25) is 0 Å². The highest BCUT2D eigenvalue weighted by molar-refractivity contribution is 7.93. The molecule has 25 heavy (non-hydrogen) atoms. The minimum absolute atomic E-state index is 0.00733. The number of sulfonamides is 1. The Kier molecular flexibility index (Phi) is 4.33. The number of hydrogen-bond acceptors (Lipinski definition) is 4. The molecule has 0 amide bonds. The molecule has 3 aromatic rings. The van der Waals surface area contributed by atoms with Crippen LogP contribution in [0.5, 0.6) is 0 Å². The van der Waals surface area contributed by atoms with Crippen molar-refractivity contribution in [3.05, 3.63) is 53.0 Å². The van der Waals surface area contributed by atoms with E-state index < -0.39 is 21.9 Å². The maximum Gasteiger partial charge on any atom is 0.432 e. The molecule has 0 radical (unpaired) electrons. The molecule has 0 saturated carbocycles. The van der Waals surface area contributed by atoms with E-state index in [4.69, 9.17) is 0 Å². The largest absolute Gasteiger partial charge is 0.432 e. The Hall–Kier alpha value is -2.33. The van der Waals surface area contributed by atoms with Crippen molar-refractivity contribution in [2.24, 2.45) is 0 Å². The molecule has 0 fully saturated rings. The van der Waals surface area contributed by atoms with Gasteiger partial charge >= 0.3 is 6.18 Å². The van der Waals surface area contributed by atoms with Gasteiger partial charge in [0.25, 0.3) is 10.0 Å². The molecular formula is C15H12F3N3O2S2. The molecule has 0 aliphatic heterocycles. The summed E-state index contributed by atoms with van der Waals surface area (Å²) in [5.74, 6) is 0. The molecule has 0 unspecified atom stereocenters. The average Bonchev–Trinajstić information content (AvgIpc) is 3.14. The molecule has 10 heteroatoms. The minimum atomic E-state index is -4.54. The summed E-state index contributed by atoms with van der Waals surface area (Å²) in [6.45, 7) is 1.59. The maximum absolute atomic E-state index is 12.7. The highest BCUT2D eigenvalue weighted by Gasteiger charge is 2.33. The van der Waals surface area contributed by atoms with Crippen LogP contribution in [0.25, 0.3) is 10.6 Å². The van der Waals surface area contributed by atoms with Crippen molar-refractivity contribution in [3.8, 4) is 10.6 Å². The fourth-order valence-corrected chi connectivity index (χ4v) is 4.78. The first-order valence-corrected chi connectivity index (χ1v) is 9.28. The smallest absolute Gasteiger partial charge is 0.280 e. The number of nitrogens with one attached hydrogen (secondary N) is 2. The molecule has 132 valence electrons. The number of halogens is 3. The molecule has 2 heterocycles. The van der Waals surface area contributed by atoms with Gasteiger partial charge in [-0.2, -0.15) is 18.3 Å². The summed E-state index contributed by atoms with van der Waals surface area (Å²) >= 11 is 1.06. The third-order valence-electron chi connectivity index (χ3n) is 3.32. The number of benzene rings is 1. The number of thiophene rings is 1.